The largest absolute Gasteiger partial charge is 0.493 e. The third kappa shape index (κ3) is 6.07. The number of fused-ring (bicyclic) bond motifs is 3. The first-order valence-electron chi connectivity index (χ1n) is 16.4. The highest BCUT2D eigenvalue weighted by Crippen LogP contribution is 2.35. The first kappa shape index (κ1) is 30.5. The van der Waals surface area contributed by atoms with Gasteiger partial charge >= 0.3 is 0 Å². The van der Waals surface area contributed by atoms with E-state index in [1.54, 1.807) is 19.2 Å². The SMILES string of the molecule is COc1cc2c(cc1OCCCCN1CCN(C(=O)c3nc(-c4ccc(C#N)cc4)n4ccccc34)CC1)C=C[C@@H]1CCCN1C2=O. The molecular formula is C37H38N6O4. The summed E-state index contributed by atoms with van der Waals surface area (Å²) in [6, 6.07) is 19.1. The van der Waals surface area contributed by atoms with Crippen LogP contribution in [0.15, 0.2) is 66.9 Å². The minimum Gasteiger partial charge on any atom is -0.493 e. The zero-order valence-corrected chi connectivity index (χ0v) is 26.6. The normalized spacial score (nSPS) is 17.7. The Labute approximate surface area is 274 Å². The number of piperazine rings is 1. The molecule has 2 saturated heterocycles. The minimum absolute atomic E-state index is 0.0604. The number of methoxy groups -OCH3 is 1. The number of ether oxygens (including phenoxy) is 2. The molecule has 0 saturated carbocycles. The van der Waals surface area contributed by atoms with E-state index in [0.717, 1.165) is 68.5 Å². The molecule has 2 fully saturated rings. The summed E-state index contributed by atoms with van der Waals surface area (Å²) in [5.74, 6) is 1.92. The van der Waals surface area contributed by atoms with Gasteiger partial charge in [0.15, 0.2) is 17.2 Å². The molecule has 2 amide bonds. The lowest BCUT2D eigenvalue weighted by atomic mass is 10.1. The van der Waals surface area contributed by atoms with Crippen molar-refractivity contribution < 1.29 is 19.1 Å². The van der Waals surface area contributed by atoms with Crippen LogP contribution in [-0.2, 0) is 0 Å². The molecule has 47 heavy (non-hydrogen) atoms. The molecule has 3 aliphatic rings. The van der Waals surface area contributed by atoms with Gasteiger partial charge in [-0.25, -0.2) is 4.98 Å². The number of amides is 2. The molecule has 7 rings (SSSR count). The molecule has 2 aromatic heterocycles. The average Bonchev–Trinajstić information content (AvgIpc) is 3.73. The van der Waals surface area contributed by atoms with Gasteiger partial charge in [-0.3, -0.25) is 18.9 Å². The number of nitriles is 1. The van der Waals surface area contributed by atoms with Crippen molar-refractivity contribution >= 4 is 23.4 Å². The van der Waals surface area contributed by atoms with Crippen molar-refractivity contribution in [2.24, 2.45) is 0 Å². The van der Waals surface area contributed by atoms with Crippen molar-refractivity contribution in [3.05, 3.63) is 89.3 Å². The van der Waals surface area contributed by atoms with Gasteiger partial charge in [0.1, 0.15) is 5.82 Å². The van der Waals surface area contributed by atoms with Crippen molar-refractivity contribution in [3.8, 4) is 29.0 Å². The van der Waals surface area contributed by atoms with Gasteiger partial charge in [-0.15, -0.1) is 0 Å². The van der Waals surface area contributed by atoms with Crippen LogP contribution in [0.5, 0.6) is 11.5 Å². The number of carbonyl (C=O) groups is 2. The van der Waals surface area contributed by atoms with Crippen molar-refractivity contribution in [2.75, 3.05) is 53.0 Å². The number of rotatable bonds is 9. The molecule has 0 N–H and O–H groups in total. The number of nitrogens with zero attached hydrogens (tertiary/aromatic N) is 6. The standard InChI is InChI=1S/C37H38N6O4/c1-46-32-24-30-28(13-14-29-7-6-17-42(29)36(30)44)23-33(32)47-22-5-4-15-40-18-20-41(21-19-40)37(45)34-31-8-2-3-16-43(31)35(39-34)27-11-9-26(25-38)10-12-27/h2-3,8-14,16,23-24,29H,4-7,15,17-22H2,1H3/t29-/m0/s1. The van der Waals surface area contributed by atoms with E-state index in [-0.39, 0.29) is 17.9 Å². The number of hydrogen-bond acceptors (Lipinski definition) is 7. The topological polar surface area (TPSA) is 103 Å². The summed E-state index contributed by atoms with van der Waals surface area (Å²) in [5, 5.41) is 9.16. The molecule has 4 aromatic rings. The van der Waals surface area contributed by atoms with E-state index in [2.05, 4.69) is 17.0 Å². The molecule has 2 aromatic carbocycles. The molecule has 0 spiro atoms. The van der Waals surface area contributed by atoms with Crippen LogP contribution < -0.4 is 9.47 Å². The van der Waals surface area contributed by atoms with Gasteiger partial charge in [-0.2, -0.15) is 5.26 Å². The fraction of sp³-hybridized carbons (Fsp3) is 0.351. The van der Waals surface area contributed by atoms with Crippen molar-refractivity contribution in [1.82, 2.24) is 24.1 Å². The summed E-state index contributed by atoms with van der Waals surface area (Å²) in [7, 11) is 1.61. The molecule has 10 heteroatoms. The van der Waals surface area contributed by atoms with Gasteiger partial charge in [-0.05, 0) is 86.3 Å². The number of hydrogen-bond donors (Lipinski definition) is 0. The molecule has 240 valence electrons. The Morgan fingerprint density at radius 1 is 1.02 bits per heavy atom. The molecule has 5 heterocycles. The van der Waals surface area contributed by atoms with Gasteiger partial charge < -0.3 is 19.3 Å². The van der Waals surface area contributed by atoms with Crippen LogP contribution in [0.1, 0.15) is 57.7 Å². The second-order valence-corrected chi connectivity index (χ2v) is 12.3. The van der Waals surface area contributed by atoms with E-state index in [4.69, 9.17) is 19.7 Å². The summed E-state index contributed by atoms with van der Waals surface area (Å²) in [6.07, 6.45) is 9.98. The molecule has 0 radical (unpaired) electrons. The fourth-order valence-electron chi connectivity index (χ4n) is 6.82. The van der Waals surface area contributed by atoms with Crippen molar-refractivity contribution in [2.45, 2.75) is 31.7 Å². The molecule has 1 atom stereocenters. The summed E-state index contributed by atoms with van der Waals surface area (Å²) in [4.78, 5) is 37.8. The van der Waals surface area contributed by atoms with Crippen LogP contribution in [-0.4, -0.2) is 94.9 Å². The van der Waals surface area contributed by atoms with Crippen LogP contribution in [0.2, 0.25) is 0 Å². The van der Waals surface area contributed by atoms with E-state index in [1.807, 2.05) is 68.9 Å². The maximum Gasteiger partial charge on any atom is 0.274 e. The van der Waals surface area contributed by atoms with Gasteiger partial charge in [-0.1, -0.05) is 18.2 Å². The van der Waals surface area contributed by atoms with Gasteiger partial charge in [0.2, 0.25) is 0 Å². The van der Waals surface area contributed by atoms with Crippen LogP contribution in [0.4, 0.5) is 0 Å². The number of benzene rings is 2. The quantitative estimate of drug-likeness (QED) is 0.236. The second-order valence-electron chi connectivity index (χ2n) is 12.3. The van der Waals surface area contributed by atoms with E-state index < -0.39 is 0 Å². The number of pyridine rings is 1. The second kappa shape index (κ2) is 13.3. The number of unbranched alkanes of at least 4 members (excludes halogenated alkanes) is 1. The predicted octanol–water partition coefficient (Wildman–Crippen LogP) is 5.13. The van der Waals surface area contributed by atoms with E-state index in [1.165, 1.54) is 0 Å². The number of imidazole rings is 1. The van der Waals surface area contributed by atoms with E-state index in [0.29, 0.717) is 53.8 Å². The molecule has 3 aliphatic heterocycles. The van der Waals surface area contributed by atoms with Crippen molar-refractivity contribution in [1.29, 1.82) is 5.26 Å². The summed E-state index contributed by atoms with van der Waals surface area (Å²) in [5.41, 5.74) is 4.20. The zero-order valence-electron chi connectivity index (χ0n) is 26.6. The molecule has 10 nitrogen and oxygen atoms in total. The lowest BCUT2D eigenvalue weighted by Crippen LogP contribution is -2.49. The lowest BCUT2D eigenvalue weighted by molar-refractivity contribution is 0.0630. The Hall–Kier alpha value is -5.14. The molecule has 0 bridgehead atoms. The third-order valence-electron chi connectivity index (χ3n) is 9.43. The molecule has 0 aliphatic carbocycles. The third-order valence-corrected chi connectivity index (χ3v) is 9.43. The van der Waals surface area contributed by atoms with Crippen LogP contribution >= 0.6 is 0 Å². The molecular weight excluding hydrogens is 592 g/mol. The predicted molar refractivity (Wildman–Crippen MR) is 179 cm³/mol. The highest BCUT2D eigenvalue weighted by Gasteiger charge is 2.32. The van der Waals surface area contributed by atoms with E-state index in [9.17, 15) is 9.59 Å². The lowest BCUT2D eigenvalue weighted by Gasteiger charge is -2.34. The van der Waals surface area contributed by atoms with Crippen LogP contribution in [0.25, 0.3) is 23.0 Å². The van der Waals surface area contributed by atoms with Gasteiger partial charge in [0, 0.05) is 44.5 Å². The highest BCUT2D eigenvalue weighted by atomic mass is 16.5. The Morgan fingerprint density at radius 2 is 1.85 bits per heavy atom. The first-order chi connectivity index (χ1) is 23.0. The Kier molecular flexibility index (Phi) is 8.64. The number of aromatic nitrogens is 2. The maximum atomic E-state index is 13.7. The summed E-state index contributed by atoms with van der Waals surface area (Å²) in [6.45, 7) is 5.17. The Balaban J connectivity index is 0.915. The molecule has 0 unspecified atom stereocenters. The van der Waals surface area contributed by atoms with Crippen LogP contribution in [0, 0.1) is 11.3 Å². The fourth-order valence-corrected chi connectivity index (χ4v) is 6.82. The highest BCUT2D eigenvalue weighted by molar-refractivity contribution is 6.01. The summed E-state index contributed by atoms with van der Waals surface area (Å²) >= 11 is 0. The summed E-state index contributed by atoms with van der Waals surface area (Å²) < 4.78 is 13.7. The maximum absolute atomic E-state index is 13.7. The van der Waals surface area contributed by atoms with E-state index >= 15 is 0 Å². The Bertz CT molecular complexity index is 1870. The monoisotopic (exact) mass is 630 g/mol. The first-order valence-corrected chi connectivity index (χ1v) is 16.4. The smallest absolute Gasteiger partial charge is 0.274 e. The average molecular weight is 631 g/mol. The van der Waals surface area contributed by atoms with Crippen LogP contribution in [0.3, 0.4) is 0 Å². The number of carbonyl (C=O) groups excluding carboxylic acids is 2. The van der Waals surface area contributed by atoms with Crippen molar-refractivity contribution in [3.63, 3.8) is 0 Å². The Morgan fingerprint density at radius 3 is 2.64 bits per heavy atom. The zero-order chi connectivity index (χ0) is 32.3. The van der Waals surface area contributed by atoms with Gasteiger partial charge in [0.25, 0.3) is 11.8 Å². The van der Waals surface area contributed by atoms with Gasteiger partial charge in [0.05, 0.1) is 42.5 Å². The minimum atomic E-state index is -0.0618.